The minimum Gasteiger partial charge on any atom is -0.301 e. The summed E-state index contributed by atoms with van der Waals surface area (Å²) in [6.45, 7) is 4.33. The van der Waals surface area contributed by atoms with Crippen molar-refractivity contribution in [2.75, 3.05) is 13.6 Å². The van der Waals surface area contributed by atoms with Crippen LogP contribution in [0, 0.1) is 6.92 Å². The predicted octanol–water partition coefficient (Wildman–Crippen LogP) is 5.30. The lowest BCUT2D eigenvalue weighted by atomic mass is 9.84. The highest BCUT2D eigenvalue weighted by Crippen LogP contribution is 2.37. The highest BCUT2D eigenvalue weighted by atomic mass is 32.1. The molecule has 2 heterocycles. The molecule has 0 bridgehead atoms. The molecular formula is C21H21NS. The van der Waals surface area contributed by atoms with Gasteiger partial charge in [0, 0.05) is 23.9 Å². The number of fused-ring (bicyclic) bond motifs is 1. The van der Waals surface area contributed by atoms with Crippen molar-refractivity contribution in [2.45, 2.75) is 19.4 Å². The van der Waals surface area contributed by atoms with Gasteiger partial charge in [-0.05, 0) is 59.3 Å². The Labute approximate surface area is 142 Å². The molecule has 0 N–H and O–H groups in total. The summed E-state index contributed by atoms with van der Waals surface area (Å²) in [4.78, 5) is 3.84. The highest BCUT2D eigenvalue weighted by Gasteiger charge is 2.25. The lowest BCUT2D eigenvalue weighted by Gasteiger charge is -2.33. The average Bonchev–Trinajstić information content (AvgIpc) is 3.00. The van der Waals surface area contributed by atoms with Crippen LogP contribution >= 0.6 is 11.3 Å². The fourth-order valence-electron chi connectivity index (χ4n) is 3.63. The van der Waals surface area contributed by atoms with E-state index in [4.69, 9.17) is 0 Å². The fraction of sp³-hybridized carbons (Fsp3) is 0.238. The third-order valence-electron chi connectivity index (χ3n) is 4.78. The summed E-state index contributed by atoms with van der Waals surface area (Å²) in [7, 11) is 2.22. The summed E-state index contributed by atoms with van der Waals surface area (Å²) < 4.78 is 0. The van der Waals surface area contributed by atoms with Crippen molar-refractivity contribution in [3.8, 4) is 10.4 Å². The van der Waals surface area contributed by atoms with Crippen molar-refractivity contribution >= 4 is 11.3 Å². The van der Waals surface area contributed by atoms with Crippen LogP contribution in [0.2, 0.25) is 0 Å². The Morgan fingerprint density at radius 2 is 1.87 bits per heavy atom. The van der Waals surface area contributed by atoms with Crippen LogP contribution in [-0.4, -0.2) is 18.5 Å². The molecule has 4 rings (SSSR count). The molecule has 0 saturated carbocycles. The third-order valence-corrected chi connectivity index (χ3v) is 5.84. The van der Waals surface area contributed by atoms with Gasteiger partial charge in [0.2, 0.25) is 0 Å². The Kier molecular flexibility index (Phi) is 3.80. The molecule has 0 aliphatic carbocycles. The minimum atomic E-state index is 0.475. The molecule has 3 aromatic rings. The zero-order chi connectivity index (χ0) is 15.8. The second kappa shape index (κ2) is 5.95. The minimum absolute atomic E-state index is 0.475. The van der Waals surface area contributed by atoms with Gasteiger partial charge in [-0.2, -0.15) is 0 Å². The van der Waals surface area contributed by atoms with Crippen molar-refractivity contribution in [3.05, 3.63) is 82.2 Å². The maximum atomic E-state index is 2.44. The summed E-state index contributed by atoms with van der Waals surface area (Å²) in [6.07, 6.45) is 0. The molecule has 23 heavy (non-hydrogen) atoms. The van der Waals surface area contributed by atoms with E-state index < -0.39 is 0 Å². The van der Waals surface area contributed by atoms with E-state index in [9.17, 15) is 0 Å². The van der Waals surface area contributed by atoms with Gasteiger partial charge in [-0.1, -0.05) is 42.5 Å². The van der Waals surface area contributed by atoms with Gasteiger partial charge in [0.25, 0.3) is 0 Å². The van der Waals surface area contributed by atoms with Crippen LogP contribution in [0.3, 0.4) is 0 Å². The first-order chi connectivity index (χ1) is 11.2. The number of likely N-dealkylation sites (N-methyl/N-ethyl adjacent to an activating group) is 1. The Balaban J connectivity index is 1.79. The van der Waals surface area contributed by atoms with Gasteiger partial charge < -0.3 is 4.90 Å². The van der Waals surface area contributed by atoms with Crippen LogP contribution in [0.25, 0.3) is 10.4 Å². The summed E-state index contributed by atoms with van der Waals surface area (Å²) in [5.74, 6) is 0.475. The molecule has 1 aromatic heterocycles. The van der Waals surface area contributed by atoms with Crippen molar-refractivity contribution in [2.24, 2.45) is 0 Å². The second-order valence-corrected chi connectivity index (χ2v) is 7.42. The molecule has 1 atom stereocenters. The van der Waals surface area contributed by atoms with E-state index in [-0.39, 0.29) is 0 Å². The number of nitrogens with zero attached hydrogens (tertiary/aromatic N) is 1. The third kappa shape index (κ3) is 2.73. The van der Waals surface area contributed by atoms with E-state index in [1.54, 1.807) is 0 Å². The van der Waals surface area contributed by atoms with E-state index in [0.29, 0.717) is 5.92 Å². The first kappa shape index (κ1) is 14.7. The largest absolute Gasteiger partial charge is 0.301 e. The van der Waals surface area contributed by atoms with Gasteiger partial charge in [0.15, 0.2) is 0 Å². The Bertz CT molecular complexity index is 819. The molecule has 0 fully saturated rings. The smallest absolute Gasteiger partial charge is 0.0371 e. The number of rotatable bonds is 2. The van der Waals surface area contributed by atoms with Gasteiger partial charge in [0.05, 0.1) is 0 Å². The molecule has 2 aromatic carbocycles. The first-order valence-corrected chi connectivity index (χ1v) is 9.01. The number of benzene rings is 2. The molecule has 0 spiro atoms. The summed E-state index contributed by atoms with van der Waals surface area (Å²) in [5, 5.41) is 2.18. The second-order valence-electron chi connectivity index (χ2n) is 6.51. The van der Waals surface area contributed by atoms with Gasteiger partial charge in [0.1, 0.15) is 0 Å². The van der Waals surface area contributed by atoms with E-state index in [0.717, 1.165) is 13.1 Å². The molecule has 1 unspecified atom stereocenters. The fourth-order valence-corrected chi connectivity index (χ4v) is 4.55. The average molecular weight is 319 g/mol. The zero-order valence-corrected chi connectivity index (χ0v) is 14.4. The standard InChI is InChI=1S/C21H21NS/c1-15-10-11-23-21(15)17-8-9-19-18(12-17)13-22(2)14-20(19)16-6-4-3-5-7-16/h3-12,20H,13-14H2,1-2H3. The summed E-state index contributed by atoms with van der Waals surface area (Å²) >= 11 is 1.84. The SMILES string of the molecule is Cc1ccsc1-c1ccc2c(c1)CN(C)CC2c1ccccc1. The maximum absolute atomic E-state index is 2.44. The van der Waals surface area contributed by atoms with Crippen molar-refractivity contribution < 1.29 is 0 Å². The predicted molar refractivity (Wildman–Crippen MR) is 99.1 cm³/mol. The lowest BCUT2D eigenvalue weighted by molar-refractivity contribution is 0.295. The zero-order valence-electron chi connectivity index (χ0n) is 13.6. The molecule has 1 aliphatic heterocycles. The molecule has 116 valence electrons. The Hall–Kier alpha value is -1.90. The number of hydrogen-bond acceptors (Lipinski definition) is 2. The van der Waals surface area contributed by atoms with Crippen LogP contribution in [0.4, 0.5) is 0 Å². The van der Waals surface area contributed by atoms with Crippen LogP contribution in [0.5, 0.6) is 0 Å². The molecule has 1 aliphatic rings. The van der Waals surface area contributed by atoms with Crippen molar-refractivity contribution in [1.82, 2.24) is 4.90 Å². The number of aryl methyl sites for hydroxylation is 1. The van der Waals surface area contributed by atoms with E-state index in [1.165, 1.54) is 32.7 Å². The summed E-state index contributed by atoms with van der Waals surface area (Å²) in [6, 6.07) is 20.2. The summed E-state index contributed by atoms with van der Waals surface area (Å²) in [5.41, 5.74) is 7.11. The first-order valence-electron chi connectivity index (χ1n) is 8.13. The molecular weight excluding hydrogens is 298 g/mol. The van der Waals surface area contributed by atoms with E-state index in [1.807, 2.05) is 11.3 Å². The van der Waals surface area contributed by atoms with Crippen LogP contribution in [-0.2, 0) is 6.54 Å². The molecule has 0 saturated heterocycles. The maximum Gasteiger partial charge on any atom is 0.0371 e. The molecule has 0 radical (unpaired) electrons. The van der Waals surface area contributed by atoms with E-state index >= 15 is 0 Å². The highest BCUT2D eigenvalue weighted by molar-refractivity contribution is 7.13. The van der Waals surface area contributed by atoms with Gasteiger partial charge >= 0.3 is 0 Å². The lowest BCUT2D eigenvalue weighted by Crippen LogP contribution is -2.30. The molecule has 2 heteroatoms. The van der Waals surface area contributed by atoms with Crippen LogP contribution in [0.15, 0.2) is 60.0 Å². The van der Waals surface area contributed by atoms with Crippen LogP contribution in [0.1, 0.15) is 28.2 Å². The van der Waals surface area contributed by atoms with Gasteiger partial charge in [-0.25, -0.2) is 0 Å². The normalized spacial score (nSPS) is 17.9. The quantitative estimate of drug-likeness (QED) is 0.619. The van der Waals surface area contributed by atoms with Crippen molar-refractivity contribution in [3.63, 3.8) is 0 Å². The van der Waals surface area contributed by atoms with Gasteiger partial charge in [-0.3, -0.25) is 0 Å². The van der Waals surface area contributed by atoms with Crippen molar-refractivity contribution in [1.29, 1.82) is 0 Å². The Morgan fingerprint density at radius 1 is 1.04 bits per heavy atom. The monoisotopic (exact) mass is 319 g/mol. The van der Waals surface area contributed by atoms with Crippen LogP contribution < -0.4 is 0 Å². The topological polar surface area (TPSA) is 3.24 Å². The number of thiophene rings is 1. The van der Waals surface area contributed by atoms with Gasteiger partial charge in [-0.15, -0.1) is 11.3 Å². The molecule has 0 amide bonds. The molecule has 1 nitrogen and oxygen atoms in total. The number of hydrogen-bond donors (Lipinski definition) is 0. The Morgan fingerprint density at radius 3 is 2.61 bits per heavy atom. The van der Waals surface area contributed by atoms with E-state index in [2.05, 4.69) is 78.8 Å².